The van der Waals surface area contributed by atoms with E-state index < -0.39 is 6.04 Å². The lowest BCUT2D eigenvalue weighted by Crippen LogP contribution is -2.24. The summed E-state index contributed by atoms with van der Waals surface area (Å²) in [5.41, 5.74) is 5.43. The monoisotopic (exact) mass is 559 g/mol. The van der Waals surface area contributed by atoms with Gasteiger partial charge in [0.2, 0.25) is 11.7 Å². The van der Waals surface area contributed by atoms with Gasteiger partial charge in [-0.2, -0.15) is 4.98 Å². The van der Waals surface area contributed by atoms with Crippen molar-refractivity contribution in [2.75, 3.05) is 13.7 Å². The topological polar surface area (TPSA) is 122 Å². The van der Waals surface area contributed by atoms with Crippen molar-refractivity contribution in [3.05, 3.63) is 53.7 Å². The standard InChI is InChI=1S/C31H37N5O5/c1-8-36-26-12-11-21(30-34-27(41-35-30)15-22(17-37)32-6)14-24(26)25(16-31(4,5)18-40-20(3)38)29(36)23-10-9-13-33-28(23)19(2)39-7/h9-14,17,19,22H,6,8,15-16,18H2,1-5,7H3. The summed E-state index contributed by atoms with van der Waals surface area (Å²) >= 11 is 0. The van der Waals surface area contributed by atoms with Crippen LogP contribution in [0.15, 0.2) is 46.0 Å². The Morgan fingerprint density at radius 2 is 2.07 bits per heavy atom. The minimum Gasteiger partial charge on any atom is -0.465 e. The largest absolute Gasteiger partial charge is 0.465 e. The highest BCUT2D eigenvalue weighted by Gasteiger charge is 2.29. The van der Waals surface area contributed by atoms with Gasteiger partial charge in [0.15, 0.2) is 0 Å². The van der Waals surface area contributed by atoms with Gasteiger partial charge in [0.25, 0.3) is 0 Å². The van der Waals surface area contributed by atoms with Crippen molar-refractivity contribution in [1.82, 2.24) is 19.7 Å². The maximum atomic E-state index is 11.7. The summed E-state index contributed by atoms with van der Waals surface area (Å²) in [5, 5.41) is 5.20. The fraction of sp³-hybridized carbons (Fsp3) is 0.419. The highest BCUT2D eigenvalue weighted by molar-refractivity contribution is 5.94. The molecule has 216 valence electrons. The number of methoxy groups -OCH3 is 1. The minimum atomic E-state index is -0.638. The van der Waals surface area contributed by atoms with Gasteiger partial charge in [0, 0.05) is 54.2 Å². The number of ether oxygens (including phenoxy) is 2. The number of esters is 1. The Kier molecular flexibility index (Phi) is 9.12. The molecule has 2 atom stereocenters. The van der Waals surface area contributed by atoms with Gasteiger partial charge in [-0.25, -0.2) is 0 Å². The normalized spacial score (nSPS) is 13.2. The first-order valence-electron chi connectivity index (χ1n) is 13.6. The summed E-state index contributed by atoms with van der Waals surface area (Å²) in [6, 6.07) is 9.46. The van der Waals surface area contributed by atoms with E-state index in [0.717, 1.165) is 45.5 Å². The van der Waals surface area contributed by atoms with E-state index in [1.165, 1.54) is 6.92 Å². The Morgan fingerprint density at radius 1 is 1.29 bits per heavy atom. The third-order valence-electron chi connectivity index (χ3n) is 7.14. The summed E-state index contributed by atoms with van der Waals surface area (Å²) in [5.74, 6) is 0.422. The molecule has 1 aromatic carbocycles. The van der Waals surface area contributed by atoms with E-state index >= 15 is 0 Å². The van der Waals surface area contributed by atoms with E-state index in [0.29, 0.717) is 24.4 Å². The van der Waals surface area contributed by atoms with Gasteiger partial charge in [0.05, 0.1) is 30.5 Å². The van der Waals surface area contributed by atoms with Crippen molar-refractivity contribution in [3.63, 3.8) is 0 Å². The number of aliphatic imine (C=N–C) groups is 1. The number of rotatable bonds is 13. The van der Waals surface area contributed by atoms with Crippen LogP contribution in [0.25, 0.3) is 33.5 Å². The molecule has 3 aromatic heterocycles. The highest BCUT2D eigenvalue weighted by Crippen LogP contribution is 2.41. The van der Waals surface area contributed by atoms with Crippen LogP contribution in [0, 0.1) is 5.41 Å². The molecule has 0 aliphatic rings. The van der Waals surface area contributed by atoms with E-state index in [4.69, 9.17) is 19.0 Å². The molecule has 0 spiro atoms. The van der Waals surface area contributed by atoms with Crippen LogP contribution in [0.1, 0.15) is 57.9 Å². The number of hydrogen-bond donors (Lipinski definition) is 0. The molecule has 0 fully saturated rings. The van der Waals surface area contributed by atoms with Crippen LogP contribution < -0.4 is 0 Å². The number of benzene rings is 1. The molecular formula is C31H37N5O5. The number of nitrogens with zero attached hydrogens (tertiary/aromatic N) is 5. The summed E-state index contributed by atoms with van der Waals surface area (Å²) < 4.78 is 18.8. The van der Waals surface area contributed by atoms with Gasteiger partial charge in [-0.05, 0) is 62.9 Å². The molecule has 0 aliphatic heterocycles. The number of aryl methyl sites for hydroxylation is 1. The van der Waals surface area contributed by atoms with Crippen LogP contribution in [0.3, 0.4) is 0 Å². The van der Waals surface area contributed by atoms with Gasteiger partial charge < -0.3 is 23.4 Å². The van der Waals surface area contributed by atoms with Gasteiger partial charge >= 0.3 is 5.97 Å². The molecule has 0 saturated heterocycles. The van der Waals surface area contributed by atoms with Gasteiger partial charge in [0.1, 0.15) is 12.3 Å². The summed E-state index contributed by atoms with van der Waals surface area (Å²) in [6.07, 6.45) is 3.08. The van der Waals surface area contributed by atoms with Crippen molar-refractivity contribution in [2.45, 2.75) is 66.2 Å². The first kappa shape index (κ1) is 29.8. The Hall–Kier alpha value is -4.18. The number of aldehydes is 1. The zero-order valence-electron chi connectivity index (χ0n) is 24.5. The lowest BCUT2D eigenvalue weighted by molar-refractivity contribution is -0.143. The predicted octanol–water partition coefficient (Wildman–Crippen LogP) is 5.42. The lowest BCUT2D eigenvalue weighted by Gasteiger charge is -2.25. The molecule has 0 N–H and O–H groups in total. The van der Waals surface area contributed by atoms with Crippen molar-refractivity contribution in [1.29, 1.82) is 0 Å². The number of carbonyl (C=O) groups is 2. The van der Waals surface area contributed by atoms with Crippen molar-refractivity contribution < 1.29 is 23.6 Å². The zero-order chi connectivity index (χ0) is 29.7. The fourth-order valence-electron chi connectivity index (χ4n) is 5.05. The molecule has 3 heterocycles. The first-order chi connectivity index (χ1) is 19.6. The Balaban J connectivity index is 1.92. The zero-order valence-corrected chi connectivity index (χ0v) is 24.5. The van der Waals surface area contributed by atoms with Crippen LogP contribution in [-0.2, 0) is 38.4 Å². The second-order valence-electron chi connectivity index (χ2n) is 10.8. The third kappa shape index (κ3) is 6.43. The molecule has 0 amide bonds. The number of hydrogen-bond acceptors (Lipinski definition) is 9. The maximum Gasteiger partial charge on any atom is 0.302 e. The fourth-order valence-corrected chi connectivity index (χ4v) is 5.05. The van der Waals surface area contributed by atoms with Gasteiger partial charge in [-0.1, -0.05) is 19.0 Å². The highest BCUT2D eigenvalue weighted by atomic mass is 16.5. The van der Waals surface area contributed by atoms with Crippen LogP contribution in [0.5, 0.6) is 0 Å². The molecule has 10 nitrogen and oxygen atoms in total. The molecular weight excluding hydrogens is 522 g/mol. The molecule has 0 radical (unpaired) electrons. The average Bonchev–Trinajstić information content (AvgIpc) is 3.56. The number of carbonyl (C=O) groups excluding carboxylic acids is 2. The van der Waals surface area contributed by atoms with Crippen molar-refractivity contribution in [3.8, 4) is 22.6 Å². The smallest absolute Gasteiger partial charge is 0.302 e. The molecule has 4 rings (SSSR count). The third-order valence-corrected chi connectivity index (χ3v) is 7.14. The van der Waals surface area contributed by atoms with E-state index in [2.05, 4.69) is 65.4 Å². The predicted molar refractivity (Wildman–Crippen MR) is 157 cm³/mol. The van der Waals surface area contributed by atoms with Crippen molar-refractivity contribution >= 4 is 29.9 Å². The summed E-state index contributed by atoms with van der Waals surface area (Å²) in [4.78, 5) is 35.8. The van der Waals surface area contributed by atoms with Gasteiger partial charge in [-0.3, -0.25) is 14.8 Å². The number of pyridine rings is 1. The van der Waals surface area contributed by atoms with E-state index in [9.17, 15) is 9.59 Å². The summed E-state index contributed by atoms with van der Waals surface area (Å²) in [6.45, 7) is 14.1. The molecule has 10 heteroatoms. The van der Waals surface area contributed by atoms with Crippen LogP contribution >= 0.6 is 0 Å². The Bertz CT molecular complexity index is 1550. The first-order valence-corrected chi connectivity index (χ1v) is 13.6. The maximum absolute atomic E-state index is 11.7. The number of fused-ring (bicyclic) bond motifs is 1. The molecule has 2 unspecified atom stereocenters. The van der Waals surface area contributed by atoms with E-state index in [-0.39, 0.29) is 30.5 Å². The molecule has 0 saturated carbocycles. The summed E-state index contributed by atoms with van der Waals surface area (Å²) in [7, 11) is 1.68. The van der Waals surface area contributed by atoms with Crippen LogP contribution in [0.2, 0.25) is 0 Å². The van der Waals surface area contributed by atoms with Gasteiger partial charge in [-0.15, -0.1) is 0 Å². The van der Waals surface area contributed by atoms with Crippen molar-refractivity contribution in [2.24, 2.45) is 10.4 Å². The molecule has 4 aromatic rings. The molecule has 0 aliphatic carbocycles. The lowest BCUT2D eigenvalue weighted by atomic mass is 9.84. The Labute approximate surface area is 239 Å². The molecule has 0 bridgehead atoms. The minimum absolute atomic E-state index is 0.190. The SMILES string of the molecule is C=NC(C=O)Cc1nc(-c2ccc3c(c2)c(CC(C)(C)COC(C)=O)c(-c2cccnc2C(C)OC)n3CC)no1. The van der Waals surface area contributed by atoms with Crippen LogP contribution in [-0.4, -0.2) is 58.4 Å². The Morgan fingerprint density at radius 3 is 2.73 bits per heavy atom. The van der Waals surface area contributed by atoms with E-state index in [1.807, 2.05) is 19.1 Å². The second kappa shape index (κ2) is 12.6. The van der Waals surface area contributed by atoms with Crippen LogP contribution in [0.4, 0.5) is 0 Å². The average molecular weight is 560 g/mol. The quantitative estimate of drug-likeness (QED) is 0.121. The number of aromatic nitrogens is 4. The molecule has 41 heavy (non-hydrogen) atoms. The van der Waals surface area contributed by atoms with E-state index in [1.54, 1.807) is 13.3 Å². The second-order valence-corrected chi connectivity index (χ2v) is 10.8.